The molecule has 0 aromatic rings. The summed E-state index contributed by atoms with van der Waals surface area (Å²) in [6.07, 6.45) is 3.25. The maximum atomic E-state index is 11.3. The van der Waals surface area contributed by atoms with E-state index in [4.69, 9.17) is 9.47 Å². The van der Waals surface area contributed by atoms with E-state index < -0.39 is 5.79 Å². The first-order valence-corrected chi connectivity index (χ1v) is 3.89. The summed E-state index contributed by atoms with van der Waals surface area (Å²) in [6.45, 7) is 0. The molecule has 1 saturated carbocycles. The third-order valence-electron chi connectivity index (χ3n) is 2.24. The fourth-order valence-electron chi connectivity index (χ4n) is 1.49. The van der Waals surface area contributed by atoms with Crippen LogP contribution in [0.5, 0.6) is 0 Å². The quantitative estimate of drug-likeness (QED) is 0.565. The number of hydrogen-bond acceptors (Lipinski definition) is 3. The Morgan fingerprint density at radius 2 is 1.91 bits per heavy atom. The van der Waals surface area contributed by atoms with Crippen molar-refractivity contribution >= 4 is 5.78 Å². The van der Waals surface area contributed by atoms with Crippen LogP contribution in [0.15, 0.2) is 0 Å². The van der Waals surface area contributed by atoms with Gasteiger partial charge < -0.3 is 9.47 Å². The Balaban J connectivity index is 2.69. The zero-order valence-corrected chi connectivity index (χ0v) is 7.05. The molecule has 1 rings (SSSR count). The lowest BCUT2D eigenvalue weighted by atomic mass is 9.93. The van der Waals surface area contributed by atoms with Gasteiger partial charge in [-0.05, 0) is 12.8 Å². The van der Waals surface area contributed by atoms with Crippen LogP contribution in [0, 0.1) is 0 Å². The summed E-state index contributed by atoms with van der Waals surface area (Å²) in [4.78, 5) is 11.3. The van der Waals surface area contributed by atoms with Gasteiger partial charge in [0.1, 0.15) is 0 Å². The highest BCUT2D eigenvalue weighted by atomic mass is 16.7. The topological polar surface area (TPSA) is 35.5 Å². The van der Waals surface area contributed by atoms with Crippen LogP contribution in [0.1, 0.15) is 25.7 Å². The van der Waals surface area contributed by atoms with Gasteiger partial charge in [-0.15, -0.1) is 0 Å². The molecule has 0 unspecified atom stereocenters. The summed E-state index contributed by atoms with van der Waals surface area (Å²) >= 11 is 0. The molecule has 3 heteroatoms. The molecule has 0 aliphatic heterocycles. The molecule has 11 heavy (non-hydrogen) atoms. The Morgan fingerprint density at radius 3 is 2.27 bits per heavy atom. The summed E-state index contributed by atoms with van der Waals surface area (Å²) in [7, 11) is 3.04. The lowest BCUT2D eigenvalue weighted by Gasteiger charge is -2.32. The number of carbonyl (C=O) groups is 1. The Labute approximate surface area is 66.7 Å². The van der Waals surface area contributed by atoms with Gasteiger partial charge in [0.25, 0.3) is 0 Å². The van der Waals surface area contributed by atoms with E-state index in [9.17, 15) is 4.79 Å². The van der Waals surface area contributed by atoms with E-state index in [0.717, 1.165) is 12.8 Å². The van der Waals surface area contributed by atoms with E-state index in [1.54, 1.807) is 0 Å². The van der Waals surface area contributed by atoms with Gasteiger partial charge in [0, 0.05) is 27.1 Å². The molecule has 0 amide bonds. The van der Waals surface area contributed by atoms with Crippen molar-refractivity contribution in [2.24, 2.45) is 0 Å². The highest BCUT2D eigenvalue weighted by Crippen LogP contribution is 2.28. The molecular formula is C8H14O3. The minimum absolute atomic E-state index is 0.0775. The number of hydrogen-bond donors (Lipinski definition) is 0. The Bertz CT molecular complexity index is 149. The maximum absolute atomic E-state index is 11.3. The average molecular weight is 158 g/mol. The molecule has 64 valence electrons. The Kier molecular flexibility index (Phi) is 2.62. The van der Waals surface area contributed by atoms with Crippen LogP contribution in [-0.2, 0) is 14.3 Å². The smallest absolute Gasteiger partial charge is 0.228 e. The number of rotatable bonds is 2. The van der Waals surface area contributed by atoms with Crippen molar-refractivity contribution in [3.8, 4) is 0 Å². The molecule has 1 fully saturated rings. The molecule has 0 aromatic heterocycles. The Hall–Kier alpha value is -0.410. The normalized spacial score (nSPS) is 23.6. The van der Waals surface area contributed by atoms with Crippen molar-refractivity contribution in [1.29, 1.82) is 0 Å². The van der Waals surface area contributed by atoms with E-state index in [1.165, 1.54) is 14.2 Å². The Morgan fingerprint density at radius 1 is 1.27 bits per heavy atom. The lowest BCUT2D eigenvalue weighted by molar-refractivity contribution is -0.214. The van der Waals surface area contributed by atoms with Crippen molar-refractivity contribution < 1.29 is 14.3 Å². The molecular weight excluding hydrogens is 144 g/mol. The van der Waals surface area contributed by atoms with Crippen LogP contribution in [0.4, 0.5) is 0 Å². The van der Waals surface area contributed by atoms with Crippen LogP contribution in [0.3, 0.4) is 0 Å². The summed E-state index contributed by atoms with van der Waals surface area (Å²) < 4.78 is 10.1. The largest absolute Gasteiger partial charge is 0.347 e. The minimum atomic E-state index is -0.918. The predicted molar refractivity (Wildman–Crippen MR) is 40.2 cm³/mol. The van der Waals surface area contributed by atoms with E-state index in [-0.39, 0.29) is 5.78 Å². The van der Waals surface area contributed by atoms with Gasteiger partial charge in [-0.2, -0.15) is 0 Å². The van der Waals surface area contributed by atoms with Crippen LogP contribution < -0.4 is 0 Å². The van der Waals surface area contributed by atoms with Crippen LogP contribution >= 0.6 is 0 Å². The fourth-order valence-corrected chi connectivity index (χ4v) is 1.49. The predicted octanol–water partition coefficient (Wildman–Crippen LogP) is 1.12. The molecule has 3 nitrogen and oxygen atoms in total. The van der Waals surface area contributed by atoms with Gasteiger partial charge >= 0.3 is 0 Å². The molecule has 0 atom stereocenters. The molecule has 0 heterocycles. The highest BCUT2D eigenvalue weighted by Gasteiger charge is 2.39. The standard InChI is InChI=1S/C8H14O3/c1-10-8(11-2)6-4-3-5-7(8)9/h3-6H2,1-2H3. The number of ether oxygens (including phenoxy) is 2. The second-order valence-electron chi connectivity index (χ2n) is 2.79. The van der Waals surface area contributed by atoms with E-state index in [1.807, 2.05) is 0 Å². The van der Waals surface area contributed by atoms with Gasteiger partial charge in [-0.1, -0.05) is 0 Å². The van der Waals surface area contributed by atoms with E-state index >= 15 is 0 Å². The SMILES string of the molecule is COC1(OC)CCCCC1=O. The van der Waals surface area contributed by atoms with Gasteiger partial charge in [0.2, 0.25) is 5.79 Å². The third-order valence-corrected chi connectivity index (χ3v) is 2.24. The molecule has 1 aliphatic rings. The van der Waals surface area contributed by atoms with E-state index in [2.05, 4.69) is 0 Å². The van der Waals surface area contributed by atoms with Crippen LogP contribution in [0.25, 0.3) is 0 Å². The van der Waals surface area contributed by atoms with Gasteiger partial charge in [-0.3, -0.25) is 4.79 Å². The fraction of sp³-hybridized carbons (Fsp3) is 0.875. The summed E-state index contributed by atoms with van der Waals surface area (Å²) in [5.74, 6) is -0.841. The molecule has 0 aromatic carbocycles. The minimum Gasteiger partial charge on any atom is -0.347 e. The monoisotopic (exact) mass is 158 g/mol. The number of methoxy groups -OCH3 is 2. The van der Waals surface area contributed by atoms with Crippen molar-refractivity contribution in [3.05, 3.63) is 0 Å². The molecule has 1 aliphatic carbocycles. The summed E-state index contributed by atoms with van der Waals surface area (Å²) in [6, 6.07) is 0. The molecule has 0 bridgehead atoms. The second kappa shape index (κ2) is 3.32. The first kappa shape index (κ1) is 8.68. The van der Waals surface area contributed by atoms with Gasteiger partial charge in [0.15, 0.2) is 5.78 Å². The first-order valence-electron chi connectivity index (χ1n) is 3.89. The molecule has 0 N–H and O–H groups in total. The number of ketones is 1. The average Bonchev–Trinajstić information content (AvgIpc) is 2.06. The zero-order valence-electron chi connectivity index (χ0n) is 7.05. The lowest BCUT2D eigenvalue weighted by Crippen LogP contribution is -2.44. The molecule has 0 radical (unpaired) electrons. The van der Waals surface area contributed by atoms with Gasteiger partial charge in [-0.25, -0.2) is 0 Å². The van der Waals surface area contributed by atoms with E-state index in [0.29, 0.717) is 12.8 Å². The first-order chi connectivity index (χ1) is 5.25. The van der Waals surface area contributed by atoms with Crippen molar-refractivity contribution in [2.75, 3.05) is 14.2 Å². The highest BCUT2D eigenvalue weighted by molar-refractivity contribution is 5.86. The van der Waals surface area contributed by atoms with Crippen molar-refractivity contribution in [2.45, 2.75) is 31.5 Å². The molecule has 0 saturated heterocycles. The van der Waals surface area contributed by atoms with Gasteiger partial charge in [0.05, 0.1) is 0 Å². The number of Topliss-reactive ketones (excluding diaryl/α,β-unsaturated/α-hetero) is 1. The van der Waals surface area contributed by atoms with Crippen molar-refractivity contribution in [1.82, 2.24) is 0 Å². The second-order valence-corrected chi connectivity index (χ2v) is 2.79. The van der Waals surface area contributed by atoms with Crippen LogP contribution in [0.2, 0.25) is 0 Å². The third kappa shape index (κ3) is 1.44. The summed E-state index contributed by atoms with van der Waals surface area (Å²) in [5, 5.41) is 0. The maximum Gasteiger partial charge on any atom is 0.228 e. The van der Waals surface area contributed by atoms with Crippen molar-refractivity contribution in [3.63, 3.8) is 0 Å². The number of carbonyl (C=O) groups excluding carboxylic acids is 1. The summed E-state index contributed by atoms with van der Waals surface area (Å²) in [5.41, 5.74) is 0. The van der Waals surface area contributed by atoms with Crippen LogP contribution in [-0.4, -0.2) is 25.8 Å². The molecule has 0 spiro atoms. The zero-order chi connectivity index (χ0) is 8.32.